The minimum atomic E-state index is 0. The van der Waals surface area contributed by atoms with E-state index in [1.54, 1.807) is 0 Å². The molecule has 0 aromatic carbocycles. The van der Waals surface area contributed by atoms with Gasteiger partial charge < -0.3 is 10.2 Å². The van der Waals surface area contributed by atoms with Gasteiger partial charge in [-0.2, -0.15) is 0 Å². The fourth-order valence-corrected chi connectivity index (χ4v) is 3.64. The van der Waals surface area contributed by atoms with Crippen LogP contribution in [0.25, 0.3) is 0 Å². The molecule has 0 aromatic heterocycles. The third kappa shape index (κ3) is 10.5. The summed E-state index contributed by atoms with van der Waals surface area (Å²) in [5.74, 6) is 3.56. The summed E-state index contributed by atoms with van der Waals surface area (Å²) in [6.45, 7) is 5.22. The van der Waals surface area contributed by atoms with Gasteiger partial charge in [0.2, 0.25) is 5.91 Å². The predicted molar refractivity (Wildman–Crippen MR) is 121 cm³/mol. The van der Waals surface area contributed by atoms with Gasteiger partial charge in [0.05, 0.1) is 5.92 Å². The van der Waals surface area contributed by atoms with Gasteiger partial charge in [-0.15, -0.1) is 6.42 Å². The van der Waals surface area contributed by atoms with Crippen LogP contribution in [0.2, 0.25) is 0 Å². The summed E-state index contributed by atoms with van der Waals surface area (Å²) in [5, 5.41) is 2.99. The molecule has 160 valence electrons. The molecule has 0 saturated heterocycles. The Morgan fingerprint density at radius 2 is 1.77 bits per heavy atom. The van der Waals surface area contributed by atoms with E-state index in [1.807, 2.05) is 57.8 Å². The molecule has 2 saturated carbocycles. The topological polar surface area (TPSA) is 32.3 Å². The van der Waals surface area contributed by atoms with E-state index in [1.165, 1.54) is 12.8 Å². The molecule has 1 N–H and O–H groups in total. The third-order valence-corrected chi connectivity index (χ3v) is 5.23. The summed E-state index contributed by atoms with van der Waals surface area (Å²) in [4.78, 5) is 14.5. The SMILES string of the molecule is C#CC1=CC[C@@H](N(CCC)CCCCNC(=O)[C]2[CH][CH][CH][CH]2)CC1.[CH]1[CH][CH][CH][CH]1.[Fe+2]. The molecule has 0 bridgehead atoms. The van der Waals surface area contributed by atoms with E-state index < -0.39 is 0 Å². The number of rotatable bonds is 9. The number of nitrogens with one attached hydrogen (secondary N) is 1. The molecule has 0 unspecified atom stereocenters. The zero-order valence-electron chi connectivity index (χ0n) is 18.0. The predicted octanol–water partition coefficient (Wildman–Crippen LogP) is 4.13. The van der Waals surface area contributed by atoms with Crippen molar-refractivity contribution in [2.24, 2.45) is 0 Å². The molecule has 1 atom stereocenters. The summed E-state index contributed by atoms with van der Waals surface area (Å²) in [7, 11) is 0. The number of terminal acetylenes is 1. The van der Waals surface area contributed by atoms with Gasteiger partial charge >= 0.3 is 17.1 Å². The largest absolute Gasteiger partial charge is 2.00 e. The van der Waals surface area contributed by atoms with Crippen LogP contribution in [0.15, 0.2) is 11.6 Å². The van der Waals surface area contributed by atoms with Crippen molar-refractivity contribution < 1.29 is 21.9 Å². The maximum absolute atomic E-state index is 11.9. The van der Waals surface area contributed by atoms with Crippen LogP contribution in [0.3, 0.4) is 0 Å². The van der Waals surface area contributed by atoms with Crippen molar-refractivity contribution in [1.29, 1.82) is 0 Å². The van der Waals surface area contributed by atoms with Gasteiger partial charge in [-0.1, -0.05) is 18.9 Å². The Morgan fingerprint density at radius 1 is 1.10 bits per heavy atom. The van der Waals surface area contributed by atoms with E-state index in [-0.39, 0.29) is 23.0 Å². The van der Waals surface area contributed by atoms with Crippen molar-refractivity contribution in [3.8, 4) is 12.3 Å². The number of carbonyl (C=O) groups is 1. The van der Waals surface area contributed by atoms with Crippen molar-refractivity contribution >= 4 is 5.91 Å². The van der Waals surface area contributed by atoms with Crippen molar-refractivity contribution in [2.45, 2.75) is 51.5 Å². The Hall–Kier alpha value is -0.751. The summed E-state index contributed by atoms with van der Waals surface area (Å²) in [6.07, 6.45) is 31.8. The zero-order valence-corrected chi connectivity index (χ0v) is 19.1. The Morgan fingerprint density at radius 3 is 2.30 bits per heavy atom. The van der Waals surface area contributed by atoms with E-state index in [0.717, 1.165) is 56.8 Å². The van der Waals surface area contributed by atoms with Crippen molar-refractivity contribution in [3.63, 3.8) is 0 Å². The van der Waals surface area contributed by atoms with Gasteiger partial charge in [0, 0.05) is 12.6 Å². The van der Waals surface area contributed by atoms with Gasteiger partial charge in [-0.3, -0.25) is 4.79 Å². The number of unbranched alkanes of at least 4 members (excludes halogenated alkanes) is 1. The standard InChI is InChI=1S/C21H29N2O.C5H5.Fe/c1-3-16-23(20-13-11-18(4-2)12-14-20)17-8-7-15-22-21(24)19-9-5-6-10-19;1-2-4-5-3-1;/h2,5-6,9-11,20H,3,7-8,12-17H2,1H3,(H,22,24);1-5H;/q;;+2/t20-;;/m1../s1. The van der Waals surface area contributed by atoms with Crippen LogP contribution in [0, 0.1) is 76.0 Å². The van der Waals surface area contributed by atoms with Gasteiger partial charge in [-0.05, 0) is 115 Å². The second kappa shape index (κ2) is 16.9. The molecule has 10 radical (unpaired) electrons. The molecule has 1 amide bonds. The molecule has 30 heavy (non-hydrogen) atoms. The monoisotopic (exact) mass is 446 g/mol. The first-order valence-electron chi connectivity index (χ1n) is 10.8. The van der Waals surface area contributed by atoms with Crippen molar-refractivity contribution in [1.82, 2.24) is 10.2 Å². The summed E-state index contributed by atoms with van der Waals surface area (Å²) < 4.78 is 0. The number of hydrogen-bond donors (Lipinski definition) is 1. The van der Waals surface area contributed by atoms with Gasteiger partial charge in [0.15, 0.2) is 0 Å². The average Bonchev–Trinajstić information content (AvgIpc) is 3.49. The molecule has 3 aliphatic rings. The second-order valence-corrected chi connectivity index (χ2v) is 7.44. The number of nitrogens with zero attached hydrogens (tertiary/aromatic N) is 1. The minimum absolute atomic E-state index is 0. The molecule has 3 aliphatic carbocycles. The fraction of sp³-hybridized carbons (Fsp3) is 0.423. The molecule has 0 spiro atoms. The zero-order chi connectivity index (χ0) is 20.7. The van der Waals surface area contributed by atoms with E-state index in [9.17, 15) is 4.79 Å². The first-order valence-corrected chi connectivity index (χ1v) is 10.8. The molecule has 2 fully saturated rings. The molecule has 0 heterocycles. The number of amides is 1. The molecular weight excluding hydrogens is 412 g/mol. The molecular formula is C26H34FeN2O+2. The van der Waals surface area contributed by atoms with E-state index >= 15 is 0 Å². The van der Waals surface area contributed by atoms with E-state index in [0.29, 0.717) is 6.04 Å². The third-order valence-electron chi connectivity index (χ3n) is 5.23. The summed E-state index contributed by atoms with van der Waals surface area (Å²) >= 11 is 0. The van der Waals surface area contributed by atoms with Crippen LogP contribution in [-0.4, -0.2) is 36.5 Å². The number of allylic oxidation sites excluding steroid dienone is 1. The number of hydrogen-bond acceptors (Lipinski definition) is 2. The maximum Gasteiger partial charge on any atom is 2.00 e. The van der Waals surface area contributed by atoms with E-state index in [2.05, 4.69) is 29.1 Å². The fourth-order valence-electron chi connectivity index (χ4n) is 3.64. The second-order valence-electron chi connectivity index (χ2n) is 7.44. The molecule has 3 rings (SSSR count). The molecule has 4 heteroatoms. The minimum Gasteiger partial charge on any atom is -0.356 e. The van der Waals surface area contributed by atoms with Gasteiger partial charge in [0.25, 0.3) is 0 Å². The van der Waals surface area contributed by atoms with E-state index in [4.69, 9.17) is 6.42 Å². The van der Waals surface area contributed by atoms with Crippen LogP contribution in [0.5, 0.6) is 0 Å². The van der Waals surface area contributed by atoms with Crippen LogP contribution in [0.4, 0.5) is 0 Å². The average molecular weight is 446 g/mol. The Kier molecular flexibility index (Phi) is 15.4. The van der Waals surface area contributed by atoms with Crippen LogP contribution in [-0.2, 0) is 21.9 Å². The smallest absolute Gasteiger partial charge is 0.356 e. The Labute approximate surface area is 196 Å². The van der Waals surface area contributed by atoms with Crippen molar-refractivity contribution in [2.75, 3.05) is 19.6 Å². The number of carbonyl (C=O) groups excluding carboxylic acids is 1. The maximum atomic E-state index is 11.9. The first-order chi connectivity index (χ1) is 14.2. The van der Waals surface area contributed by atoms with Crippen LogP contribution in [0.1, 0.15) is 45.4 Å². The quantitative estimate of drug-likeness (QED) is 0.328. The van der Waals surface area contributed by atoms with Crippen LogP contribution >= 0.6 is 0 Å². The summed E-state index contributed by atoms with van der Waals surface area (Å²) in [6, 6.07) is 0.626. The van der Waals surface area contributed by atoms with Crippen molar-refractivity contribution in [3.05, 3.63) is 75.4 Å². The molecule has 0 aliphatic heterocycles. The summed E-state index contributed by atoms with van der Waals surface area (Å²) in [5.41, 5.74) is 1.16. The normalized spacial score (nSPS) is 21.2. The Bertz CT molecular complexity index is 522. The van der Waals surface area contributed by atoms with Gasteiger partial charge in [-0.25, -0.2) is 0 Å². The Balaban J connectivity index is 0.000000655. The molecule has 3 nitrogen and oxygen atoms in total. The first kappa shape index (κ1) is 27.3. The molecule has 0 aromatic rings. The van der Waals surface area contributed by atoms with Crippen LogP contribution < -0.4 is 5.32 Å². The van der Waals surface area contributed by atoms with Gasteiger partial charge in [0.1, 0.15) is 0 Å².